The number of carbonyl (C=O) groups excluding carboxylic acids is 3. The Hall–Kier alpha value is -2.63. The van der Waals surface area contributed by atoms with Crippen LogP contribution in [0.1, 0.15) is 278 Å². The van der Waals surface area contributed by atoms with Gasteiger partial charge in [-0.2, -0.15) is 0 Å². The van der Waals surface area contributed by atoms with Gasteiger partial charge < -0.3 is 14.2 Å². The topological polar surface area (TPSA) is 78.9 Å². The van der Waals surface area contributed by atoms with Crippen LogP contribution in [0.4, 0.5) is 0 Å². The van der Waals surface area contributed by atoms with Crippen LogP contribution in [0.2, 0.25) is 0 Å². The lowest BCUT2D eigenvalue weighted by molar-refractivity contribution is -0.167. The van der Waals surface area contributed by atoms with Gasteiger partial charge >= 0.3 is 17.9 Å². The van der Waals surface area contributed by atoms with Gasteiger partial charge in [-0.1, -0.05) is 230 Å². The zero-order chi connectivity index (χ0) is 45.8. The van der Waals surface area contributed by atoms with E-state index in [-0.39, 0.29) is 31.1 Å². The molecule has 0 rings (SSSR count). The third kappa shape index (κ3) is 50.2. The Labute approximate surface area is 390 Å². The van der Waals surface area contributed by atoms with Gasteiger partial charge in [0.05, 0.1) is 0 Å². The van der Waals surface area contributed by atoms with Gasteiger partial charge in [-0.15, -0.1) is 0 Å². The largest absolute Gasteiger partial charge is 0.462 e. The quantitative estimate of drug-likeness (QED) is 0.0262. The molecule has 0 amide bonds. The van der Waals surface area contributed by atoms with E-state index in [0.29, 0.717) is 19.3 Å². The monoisotopic (exact) mass is 883 g/mol. The zero-order valence-corrected chi connectivity index (χ0v) is 41.8. The second kappa shape index (κ2) is 52.0. The molecule has 0 bridgehead atoms. The van der Waals surface area contributed by atoms with Crippen molar-refractivity contribution in [3.8, 4) is 0 Å². The molecule has 0 saturated heterocycles. The van der Waals surface area contributed by atoms with E-state index < -0.39 is 6.10 Å². The average molecular weight is 883 g/mol. The maximum Gasteiger partial charge on any atom is 0.306 e. The molecule has 0 fully saturated rings. The van der Waals surface area contributed by atoms with E-state index in [9.17, 15) is 14.4 Å². The Bertz CT molecular complexity index is 1110. The molecule has 0 heterocycles. The minimum Gasteiger partial charge on any atom is -0.462 e. The first-order chi connectivity index (χ1) is 31.0. The molecule has 6 heteroatoms. The Kier molecular flexibility index (Phi) is 49.8. The lowest BCUT2D eigenvalue weighted by Gasteiger charge is -2.18. The Morgan fingerprint density at radius 2 is 0.587 bits per heavy atom. The molecule has 0 spiro atoms. The average Bonchev–Trinajstić information content (AvgIpc) is 3.28. The molecule has 0 aliphatic heterocycles. The molecule has 0 aromatic carbocycles. The first kappa shape index (κ1) is 60.4. The summed E-state index contributed by atoms with van der Waals surface area (Å²) in [6, 6.07) is 0. The van der Waals surface area contributed by atoms with E-state index in [1.165, 1.54) is 135 Å². The number of allylic oxidation sites excluding steroid dienone is 8. The van der Waals surface area contributed by atoms with Crippen molar-refractivity contribution in [2.24, 2.45) is 0 Å². The van der Waals surface area contributed by atoms with Crippen molar-refractivity contribution >= 4 is 17.9 Å². The number of rotatable bonds is 49. The van der Waals surface area contributed by atoms with E-state index in [2.05, 4.69) is 69.4 Å². The highest BCUT2D eigenvalue weighted by Crippen LogP contribution is 2.16. The molecule has 63 heavy (non-hydrogen) atoms. The van der Waals surface area contributed by atoms with Gasteiger partial charge in [-0.05, 0) is 77.0 Å². The van der Waals surface area contributed by atoms with Crippen LogP contribution in [0.5, 0.6) is 0 Å². The number of carbonyl (C=O) groups is 3. The molecule has 6 nitrogen and oxygen atoms in total. The third-order valence-corrected chi connectivity index (χ3v) is 11.8. The first-order valence-electron chi connectivity index (χ1n) is 27.1. The predicted molar refractivity (Wildman–Crippen MR) is 270 cm³/mol. The molecule has 0 aromatic rings. The molecule has 0 radical (unpaired) electrons. The van der Waals surface area contributed by atoms with Crippen LogP contribution in [0.25, 0.3) is 0 Å². The summed E-state index contributed by atoms with van der Waals surface area (Å²) in [5, 5.41) is 0. The predicted octanol–water partition coefficient (Wildman–Crippen LogP) is 17.9. The summed E-state index contributed by atoms with van der Waals surface area (Å²) < 4.78 is 16.8. The van der Waals surface area contributed by atoms with Crippen molar-refractivity contribution < 1.29 is 28.6 Å². The fourth-order valence-corrected chi connectivity index (χ4v) is 7.67. The smallest absolute Gasteiger partial charge is 0.306 e. The van der Waals surface area contributed by atoms with Crippen LogP contribution >= 0.6 is 0 Å². The molecule has 0 aliphatic rings. The molecule has 0 unspecified atom stereocenters. The third-order valence-electron chi connectivity index (χ3n) is 11.8. The van der Waals surface area contributed by atoms with Crippen molar-refractivity contribution in [1.82, 2.24) is 0 Å². The van der Waals surface area contributed by atoms with E-state index in [1.807, 2.05) is 0 Å². The second-order valence-corrected chi connectivity index (χ2v) is 18.1. The molecular weight excluding hydrogens is 781 g/mol. The summed E-state index contributed by atoms with van der Waals surface area (Å²) in [5.41, 5.74) is 0. The van der Waals surface area contributed by atoms with Crippen LogP contribution in [-0.2, 0) is 28.6 Å². The van der Waals surface area contributed by atoms with Crippen molar-refractivity contribution in [2.75, 3.05) is 13.2 Å². The fraction of sp³-hybridized carbons (Fsp3) is 0.807. The van der Waals surface area contributed by atoms with Crippen LogP contribution in [0, 0.1) is 0 Å². The summed E-state index contributed by atoms with van der Waals surface area (Å²) in [4.78, 5) is 38.0. The molecule has 0 aliphatic carbocycles. The van der Waals surface area contributed by atoms with Gasteiger partial charge in [0.2, 0.25) is 0 Å². The first-order valence-corrected chi connectivity index (χ1v) is 27.1. The number of unbranched alkanes of at least 4 members (excludes halogenated alkanes) is 30. The summed E-state index contributed by atoms with van der Waals surface area (Å²) >= 11 is 0. The van der Waals surface area contributed by atoms with Crippen LogP contribution in [0.3, 0.4) is 0 Å². The fourth-order valence-electron chi connectivity index (χ4n) is 7.67. The lowest BCUT2D eigenvalue weighted by atomic mass is 10.0. The summed E-state index contributed by atoms with van der Waals surface area (Å²) in [5.74, 6) is -0.899. The molecule has 1 atom stereocenters. The maximum absolute atomic E-state index is 12.8. The normalized spacial score (nSPS) is 12.4. The molecule has 0 saturated carbocycles. The summed E-state index contributed by atoms with van der Waals surface area (Å²) in [7, 11) is 0. The Morgan fingerprint density at radius 1 is 0.317 bits per heavy atom. The zero-order valence-electron chi connectivity index (χ0n) is 41.8. The minimum absolute atomic E-state index is 0.0809. The molecule has 0 N–H and O–H groups in total. The molecule has 366 valence electrons. The van der Waals surface area contributed by atoms with Crippen LogP contribution in [0.15, 0.2) is 48.6 Å². The highest BCUT2D eigenvalue weighted by atomic mass is 16.6. The van der Waals surface area contributed by atoms with Gasteiger partial charge in [0.1, 0.15) is 13.2 Å². The van der Waals surface area contributed by atoms with Gasteiger partial charge in [-0.3, -0.25) is 14.4 Å². The number of hydrogen-bond acceptors (Lipinski definition) is 6. The second-order valence-electron chi connectivity index (χ2n) is 18.1. The van der Waals surface area contributed by atoms with Crippen molar-refractivity contribution in [2.45, 2.75) is 284 Å². The molecule has 0 aromatic heterocycles. The highest BCUT2D eigenvalue weighted by Gasteiger charge is 2.19. The number of ether oxygens (including phenoxy) is 3. The number of esters is 3. The molecular formula is C57H102O6. The van der Waals surface area contributed by atoms with Crippen LogP contribution in [-0.4, -0.2) is 37.2 Å². The van der Waals surface area contributed by atoms with E-state index in [4.69, 9.17) is 14.2 Å². The van der Waals surface area contributed by atoms with Crippen molar-refractivity contribution in [3.63, 3.8) is 0 Å². The number of hydrogen-bond donors (Lipinski definition) is 0. The minimum atomic E-state index is -0.783. The van der Waals surface area contributed by atoms with Gasteiger partial charge in [-0.25, -0.2) is 0 Å². The summed E-state index contributed by atoms with van der Waals surface area (Å²) in [6.45, 7) is 6.57. The van der Waals surface area contributed by atoms with Crippen molar-refractivity contribution in [1.29, 1.82) is 0 Å². The van der Waals surface area contributed by atoms with Crippen molar-refractivity contribution in [3.05, 3.63) is 48.6 Å². The lowest BCUT2D eigenvalue weighted by Crippen LogP contribution is -2.30. The Morgan fingerprint density at radius 3 is 0.952 bits per heavy atom. The van der Waals surface area contributed by atoms with E-state index in [0.717, 1.165) is 103 Å². The SMILES string of the molecule is CCCC/C=C/C/C=C/CCCCCCCC(=O)OC[C@H](COC(=O)CCCCCCCCCCCCCCCCCC)OC(=O)CCCCCCC/C=C/C/C=C/CCCCC. The van der Waals surface area contributed by atoms with Gasteiger partial charge in [0.25, 0.3) is 0 Å². The standard InChI is InChI=1S/C57H102O6/c1-4-7-10-13-16-19-22-25-28-30-32-35-38-41-44-47-50-56(59)62-53-54(52-61-55(58)49-46-43-40-37-34-31-27-24-21-18-15-12-9-6-3)63-57(60)51-48-45-42-39-36-33-29-26-23-20-17-14-11-8-5-2/h15,17-18,20,24,26-27,29,54H,4-14,16,19,21-23,25,28,30-53H2,1-3H3/b18-15+,20-17+,27-24+,29-26+/t54-/m1/s1. The van der Waals surface area contributed by atoms with Gasteiger partial charge in [0, 0.05) is 19.3 Å². The van der Waals surface area contributed by atoms with E-state index in [1.54, 1.807) is 0 Å². The van der Waals surface area contributed by atoms with Crippen LogP contribution < -0.4 is 0 Å². The summed E-state index contributed by atoms with van der Waals surface area (Å²) in [6.07, 6.45) is 62.3. The maximum atomic E-state index is 12.8. The highest BCUT2D eigenvalue weighted by molar-refractivity contribution is 5.71. The Balaban J connectivity index is 4.39. The van der Waals surface area contributed by atoms with E-state index >= 15 is 0 Å². The van der Waals surface area contributed by atoms with Gasteiger partial charge in [0.15, 0.2) is 6.10 Å².